The van der Waals surface area contributed by atoms with Crippen molar-refractivity contribution >= 4 is 57.5 Å². The van der Waals surface area contributed by atoms with Crippen LogP contribution in [0.1, 0.15) is 22.8 Å². The summed E-state index contributed by atoms with van der Waals surface area (Å²) in [5, 5.41) is 16.1. The van der Waals surface area contributed by atoms with E-state index in [4.69, 9.17) is 4.74 Å². The predicted molar refractivity (Wildman–Crippen MR) is 125 cm³/mol. The van der Waals surface area contributed by atoms with E-state index >= 15 is 0 Å². The first-order chi connectivity index (χ1) is 15.4. The van der Waals surface area contributed by atoms with Gasteiger partial charge in [-0.25, -0.2) is 4.79 Å². The number of hydrogen-bond acceptors (Lipinski definition) is 8. The van der Waals surface area contributed by atoms with Crippen molar-refractivity contribution in [2.75, 3.05) is 28.3 Å². The minimum absolute atomic E-state index is 0.0574. The molecule has 2 aromatic carbocycles. The minimum atomic E-state index is -0.613. The number of nitrogens with one attached hydrogen (secondary N) is 3. The smallest absolute Gasteiger partial charge is 0.413 e. The molecule has 0 radical (unpaired) electrons. The lowest BCUT2D eigenvalue weighted by Crippen LogP contribution is -2.19. The summed E-state index contributed by atoms with van der Waals surface area (Å²) in [7, 11) is 0. The summed E-state index contributed by atoms with van der Waals surface area (Å²) in [5.41, 5.74) is 2.46. The fraction of sp³-hybridized carbons (Fsp3) is 0.190. The van der Waals surface area contributed by atoms with E-state index in [1.165, 1.54) is 11.8 Å². The van der Waals surface area contributed by atoms with Crippen LogP contribution in [0.15, 0.2) is 52.9 Å². The number of amides is 3. The van der Waals surface area contributed by atoms with E-state index in [-0.39, 0.29) is 29.3 Å². The van der Waals surface area contributed by atoms with Gasteiger partial charge in [0.2, 0.25) is 11.0 Å². The monoisotopic (exact) mass is 471 g/mol. The third-order valence-corrected chi connectivity index (χ3v) is 5.91. The van der Waals surface area contributed by atoms with Crippen LogP contribution in [-0.4, -0.2) is 40.5 Å². The first-order valence-electron chi connectivity index (χ1n) is 9.61. The van der Waals surface area contributed by atoms with Gasteiger partial charge in [-0.3, -0.25) is 14.9 Å². The van der Waals surface area contributed by atoms with Gasteiger partial charge in [0.1, 0.15) is 0 Å². The van der Waals surface area contributed by atoms with Gasteiger partial charge in [0, 0.05) is 5.69 Å². The number of carbonyl (C=O) groups excluding carboxylic acids is 3. The maximum absolute atomic E-state index is 12.7. The van der Waals surface area contributed by atoms with Crippen LogP contribution in [0.3, 0.4) is 0 Å². The molecule has 32 heavy (non-hydrogen) atoms. The van der Waals surface area contributed by atoms with Gasteiger partial charge in [-0.1, -0.05) is 47.4 Å². The topological polar surface area (TPSA) is 122 Å². The molecule has 0 fully saturated rings. The first-order valence-corrected chi connectivity index (χ1v) is 11.4. The van der Waals surface area contributed by atoms with E-state index in [0.29, 0.717) is 21.3 Å². The third-order valence-electron chi connectivity index (χ3n) is 3.94. The van der Waals surface area contributed by atoms with Crippen molar-refractivity contribution in [3.63, 3.8) is 0 Å². The fourth-order valence-corrected chi connectivity index (χ4v) is 4.14. The van der Waals surface area contributed by atoms with Gasteiger partial charge in [0.15, 0.2) is 4.34 Å². The Labute approximate surface area is 193 Å². The lowest BCUT2D eigenvalue weighted by atomic mass is 10.1. The second-order valence-corrected chi connectivity index (χ2v) is 8.62. The molecule has 3 rings (SSSR count). The molecule has 0 aliphatic carbocycles. The quantitative estimate of drug-likeness (QED) is 0.329. The summed E-state index contributed by atoms with van der Waals surface area (Å²) < 4.78 is 5.29. The molecular formula is C21H21N5O4S2. The van der Waals surface area contributed by atoms with Crippen LogP contribution in [-0.2, 0) is 9.53 Å². The summed E-state index contributed by atoms with van der Waals surface area (Å²) in [4.78, 5) is 36.6. The predicted octanol–water partition coefficient (Wildman–Crippen LogP) is 4.40. The Balaban J connectivity index is 1.57. The van der Waals surface area contributed by atoms with Crippen LogP contribution in [0, 0.1) is 6.92 Å². The van der Waals surface area contributed by atoms with Gasteiger partial charge < -0.3 is 15.4 Å². The molecular weight excluding hydrogens is 450 g/mol. The van der Waals surface area contributed by atoms with Crippen LogP contribution in [0.4, 0.5) is 21.3 Å². The Kier molecular flexibility index (Phi) is 8.17. The number of rotatable bonds is 8. The largest absolute Gasteiger partial charge is 0.450 e. The molecule has 0 saturated heterocycles. The number of para-hydroxylation sites is 1. The van der Waals surface area contributed by atoms with E-state index < -0.39 is 6.09 Å². The highest BCUT2D eigenvalue weighted by atomic mass is 32.2. The zero-order chi connectivity index (χ0) is 22.9. The van der Waals surface area contributed by atoms with E-state index in [1.807, 2.05) is 25.1 Å². The number of ether oxygens (including phenoxy) is 1. The molecule has 0 spiro atoms. The number of hydrogen-bond donors (Lipinski definition) is 3. The van der Waals surface area contributed by atoms with Crippen molar-refractivity contribution < 1.29 is 19.1 Å². The number of nitrogens with zero attached hydrogens (tertiary/aromatic N) is 2. The zero-order valence-electron chi connectivity index (χ0n) is 17.4. The van der Waals surface area contributed by atoms with Crippen molar-refractivity contribution in [2.45, 2.75) is 18.2 Å². The molecule has 0 atom stereocenters. The van der Waals surface area contributed by atoms with Crippen LogP contribution in [0.25, 0.3) is 0 Å². The SMILES string of the molecule is CCOC(=O)Nc1nnc(SCC(=O)Nc2ccccc2C(=O)Nc2cccc(C)c2)s1. The molecule has 11 heteroatoms. The normalized spacial score (nSPS) is 10.3. The number of aryl methyl sites for hydroxylation is 1. The van der Waals surface area contributed by atoms with Gasteiger partial charge in [-0.05, 0) is 43.7 Å². The molecule has 3 amide bonds. The minimum Gasteiger partial charge on any atom is -0.450 e. The summed E-state index contributed by atoms with van der Waals surface area (Å²) in [6, 6.07) is 14.2. The maximum Gasteiger partial charge on any atom is 0.413 e. The molecule has 0 bridgehead atoms. The van der Waals surface area contributed by atoms with E-state index in [0.717, 1.165) is 16.9 Å². The molecule has 0 aliphatic rings. The molecule has 0 unspecified atom stereocenters. The zero-order valence-corrected chi connectivity index (χ0v) is 19.0. The second kappa shape index (κ2) is 11.3. The van der Waals surface area contributed by atoms with E-state index in [2.05, 4.69) is 26.1 Å². The van der Waals surface area contributed by atoms with Crippen LogP contribution >= 0.6 is 23.1 Å². The molecule has 0 saturated carbocycles. The highest BCUT2D eigenvalue weighted by Gasteiger charge is 2.15. The van der Waals surface area contributed by atoms with Crippen molar-refractivity contribution in [3.8, 4) is 0 Å². The average Bonchev–Trinajstić information content (AvgIpc) is 3.20. The fourth-order valence-electron chi connectivity index (χ4n) is 2.60. The van der Waals surface area contributed by atoms with Crippen molar-refractivity contribution in [3.05, 3.63) is 59.7 Å². The summed E-state index contributed by atoms with van der Waals surface area (Å²) in [6.45, 7) is 3.89. The standard InChI is InChI=1S/C21H21N5O4S2/c1-3-30-20(29)24-19-25-26-21(32-19)31-12-17(27)23-16-10-5-4-9-15(16)18(28)22-14-8-6-7-13(2)11-14/h4-11H,3,12H2,1-2H3,(H,22,28)(H,23,27)(H,24,25,29). The average molecular weight is 472 g/mol. The molecule has 3 N–H and O–H groups in total. The third kappa shape index (κ3) is 6.79. The lowest BCUT2D eigenvalue weighted by molar-refractivity contribution is -0.113. The summed E-state index contributed by atoms with van der Waals surface area (Å²) in [5.74, 6) is -0.569. The molecule has 1 heterocycles. The Morgan fingerprint density at radius 2 is 1.84 bits per heavy atom. The molecule has 0 aliphatic heterocycles. The first kappa shape index (κ1) is 23.2. The number of thioether (sulfide) groups is 1. The Hall–Kier alpha value is -3.44. The number of carbonyl (C=O) groups is 3. The van der Waals surface area contributed by atoms with Gasteiger partial charge in [0.05, 0.1) is 23.6 Å². The highest BCUT2D eigenvalue weighted by molar-refractivity contribution is 8.01. The molecule has 3 aromatic rings. The number of benzene rings is 2. The Bertz CT molecular complexity index is 1120. The van der Waals surface area contributed by atoms with Gasteiger partial charge in [0.25, 0.3) is 5.91 Å². The van der Waals surface area contributed by atoms with Gasteiger partial charge in [-0.15, -0.1) is 10.2 Å². The Morgan fingerprint density at radius 3 is 2.62 bits per heavy atom. The van der Waals surface area contributed by atoms with Gasteiger partial charge >= 0.3 is 6.09 Å². The molecule has 166 valence electrons. The highest BCUT2D eigenvalue weighted by Crippen LogP contribution is 2.26. The van der Waals surface area contributed by atoms with Crippen molar-refractivity contribution in [1.82, 2.24) is 10.2 Å². The van der Waals surface area contributed by atoms with Crippen LogP contribution in [0.5, 0.6) is 0 Å². The van der Waals surface area contributed by atoms with Crippen molar-refractivity contribution in [2.24, 2.45) is 0 Å². The van der Waals surface area contributed by atoms with Crippen LogP contribution in [0.2, 0.25) is 0 Å². The molecule has 9 nitrogen and oxygen atoms in total. The van der Waals surface area contributed by atoms with Crippen LogP contribution < -0.4 is 16.0 Å². The Morgan fingerprint density at radius 1 is 1.03 bits per heavy atom. The lowest BCUT2D eigenvalue weighted by Gasteiger charge is -2.11. The summed E-state index contributed by atoms with van der Waals surface area (Å²) >= 11 is 2.30. The second-order valence-electron chi connectivity index (χ2n) is 6.42. The number of aromatic nitrogens is 2. The van der Waals surface area contributed by atoms with E-state index in [1.54, 1.807) is 37.3 Å². The maximum atomic E-state index is 12.7. The summed E-state index contributed by atoms with van der Waals surface area (Å²) in [6.07, 6.45) is -0.613. The number of anilines is 3. The van der Waals surface area contributed by atoms with Gasteiger partial charge in [-0.2, -0.15) is 0 Å². The van der Waals surface area contributed by atoms with E-state index in [9.17, 15) is 14.4 Å². The van der Waals surface area contributed by atoms with Crippen molar-refractivity contribution in [1.29, 1.82) is 0 Å². The molecule has 1 aromatic heterocycles.